The number of carbonyl (C=O) groups excluding carboxylic acids is 1. The minimum atomic E-state index is -0.920. The molecule has 21 heavy (non-hydrogen) atoms. The summed E-state index contributed by atoms with van der Waals surface area (Å²) in [6.45, 7) is 4.89. The highest BCUT2D eigenvalue weighted by molar-refractivity contribution is 5.75. The summed E-state index contributed by atoms with van der Waals surface area (Å²) in [5.74, 6) is -0.920. The summed E-state index contributed by atoms with van der Waals surface area (Å²) in [5.41, 5.74) is 1.12. The van der Waals surface area contributed by atoms with Gasteiger partial charge in [0.2, 0.25) is 0 Å². The molecule has 0 spiro atoms. The number of carboxylic acids is 1. The third kappa shape index (κ3) is 5.10. The summed E-state index contributed by atoms with van der Waals surface area (Å²) in [6, 6.07) is 9.82. The Bertz CT molecular complexity index is 456. The van der Waals surface area contributed by atoms with E-state index in [0.29, 0.717) is 6.54 Å². The standard InChI is InChI=1S/C16H24N2O3/c1-3-16(4-2,13-8-6-5-7-9-13)12-18-15(21)17-11-10-14(19)20/h5-9H,3-4,10-12H2,1-2H3,(H,19,20)(H2,17,18,21). The van der Waals surface area contributed by atoms with Crippen molar-refractivity contribution in [2.45, 2.75) is 38.5 Å². The number of aliphatic carboxylic acids is 1. The van der Waals surface area contributed by atoms with Crippen molar-refractivity contribution >= 4 is 12.0 Å². The van der Waals surface area contributed by atoms with E-state index in [9.17, 15) is 9.59 Å². The fourth-order valence-corrected chi connectivity index (χ4v) is 2.40. The highest BCUT2D eigenvalue weighted by Gasteiger charge is 2.28. The Morgan fingerprint density at radius 1 is 1.10 bits per heavy atom. The first-order chi connectivity index (χ1) is 10.0. The van der Waals surface area contributed by atoms with E-state index in [1.54, 1.807) is 0 Å². The average molecular weight is 292 g/mol. The molecule has 0 saturated heterocycles. The van der Waals surface area contributed by atoms with E-state index in [4.69, 9.17) is 5.11 Å². The van der Waals surface area contributed by atoms with Crippen molar-refractivity contribution in [2.24, 2.45) is 0 Å². The predicted molar refractivity (Wildman–Crippen MR) is 82.4 cm³/mol. The van der Waals surface area contributed by atoms with Crippen molar-refractivity contribution in [2.75, 3.05) is 13.1 Å². The molecule has 1 rings (SSSR count). The second-order valence-electron chi connectivity index (χ2n) is 5.11. The first kappa shape index (κ1) is 17.0. The Labute approximate surface area is 125 Å². The van der Waals surface area contributed by atoms with Crippen molar-refractivity contribution in [1.29, 1.82) is 0 Å². The lowest BCUT2D eigenvalue weighted by atomic mass is 9.76. The molecule has 0 aliphatic carbocycles. The Kier molecular flexibility index (Phi) is 6.72. The normalized spacial score (nSPS) is 11.0. The van der Waals surface area contributed by atoms with Gasteiger partial charge in [0, 0.05) is 18.5 Å². The molecule has 0 atom stereocenters. The van der Waals surface area contributed by atoms with Gasteiger partial charge < -0.3 is 15.7 Å². The summed E-state index contributed by atoms with van der Waals surface area (Å²) in [4.78, 5) is 22.1. The first-order valence-electron chi connectivity index (χ1n) is 7.33. The fraction of sp³-hybridized carbons (Fsp3) is 0.500. The van der Waals surface area contributed by atoms with E-state index in [0.717, 1.165) is 12.8 Å². The SMILES string of the molecule is CCC(CC)(CNC(=O)NCCC(=O)O)c1ccccc1. The molecule has 0 bridgehead atoms. The topological polar surface area (TPSA) is 78.4 Å². The molecule has 3 N–H and O–H groups in total. The van der Waals surface area contributed by atoms with E-state index >= 15 is 0 Å². The van der Waals surface area contributed by atoms with Crippen LogP contribution in [0.1, 0.15) is 38.7 Å². The Morgan fingerprint density at radius 2 is 1.71 bits per heavy atom. The Hall–Kier alpha value is -2.04. The molecule has 1 aromatic carbocycles. The predicted octanol–water partition coefficient (Wildman–Crippen LogP) is 2.52. The number of hydrogen-bond acceptors (Lipinski definition) is 2. The maximum Gasteiger partial charge on any atom is 0.314 e. The molecule has 0 radical (unpaired) electrons. The van der Waals surface area contributed by atoms with Gasteiger partial charge in [0.1, 0.15) is 0 Å². The maximum absolute atomic E-state index is 11.7. The molecule has 0 heterocycles. The number of hydrogen-bond donors (Lipinski definition) is 3. The lowest BCUT2D eigenvalue weighted by Gasteiger charge is -2.32. The molecule has 2 amide bonds. The Morgan fingerprint density at radius 3 is 2.24 bits per heavy atom. The minimum absolute atomic E-state index is 0.0706. The third-order valence-corrected chi connectivity index (χ3v) is 3.95. The second-order valence-corrected chi connectivity index (χ2v) is 5.11. The summed E-state index contributed by atoms with van der Waals surface area (Å²) in [6.07, 6.45) is 1.77. The zero-order valence-electron chi connectivity index (χ0n) is 12.7. The monoisotopic (exact) mass is 292 g/mol. The van der Waals surface area contributed by atoms with Gasteiger partial charge in [-0.15, -0.1) is 0 Å². The molecule has 5 heteroatoms. The van der Waals surface area contributed by atoms with Gasteiger partial charge in [-0.3, -0.25) is 4.79 Å². The molecule has 5 nitrogen and oxygen atoms in total. The van der Waals surface area contributed by atoms with Crippen molar-refractivity contribution < 1.29 is 14.7 Å². The number of urea groups is 1. The smallest absolute Gasteiger partial charge is 0.314 e. The average Bonchev–Trinajstić information content (AvgIpc) is 2.49. The number of rotatable bonds is 8. The van der Waals surface area contributed by atoms with Gasteiger partial charge in [0.05, 0.1) is 6.42 Å². The van der Waals surface area contributed by atoms with Crippen LogP contribution in [0, 0.1) is 0 Å². The first-order valence-corrected chi connectivity index (χ1v) is 7.33. The Balaban J connectivity index is 2.59. The van der Waals surface area contributed by atoms with Crippen molar-refractivity contribution in [1.82, 2.24) is 10.6 Å². The molecule has 116 valence electrons. The quantitative estimate of drug-likeness (QED) is 0.689. The molecule has 0 aliphatic heterocycles. The van der Waals surface area contributed by atoms with Crippen LogP contribution in [0.4, 0.5) is 4.79 Å². The molecular formula is C16H24N2O3. The van der Waals surface area contributed by atoms with Crippen LogP contribution in [0.15, 0.2) is 30.3 Å². The van der Waals surface area contributed by atoms with E-state index in [1.807, 2.05) is 18.2 Å². The lowest BCUT2D eigenvalue weighted by molar-refractivity contribution is -0.136. The van der Waals surface area contributed by atoms with Crippen molar-refractivity contribution in [3.63, 3.8) is 0 Å². The number of carbonyl (C=O) groups is 2. The van der Waals surface area contributed by atoms with Crippen LogP contribution < -0.4 is 10.6 Å². The van der Waals surface area contributed by atoms with Crippen LogP contribution in [0.2, 0.25) is 0 Å². The van der Waals surface area contributed by atoms with Crippen LogP contribution in [0.5, 0.6) is 0 Å². The zero-order chi connectivity index (χ0) is 15.7. The van der Waals surface area contributed by atoms with Crippen LogP contribution in [0.25, 0.3) is 0 Å². The molecular weight excluding hydrogens is 268 g/mol. The van der Waals surface area contributed by atoms with E-state index in [2.05, 4.69) is 36.6 Å². The lowest BCUT2D eigenvalue weighted by Crippen LogP contribution is -2.44. The van der Waals surface area contributed by atoms with Gasteiger partial charge in [-0.2, -0.15) is 0 Å². The van der Waals surface area contributed by atoms with Gasteiger partial charge in [0.15, 0.2) is 0 Å². The molecule has 0 unspecified atom stereocenters. The van der Waals surface area contributed by atoms with Crippen molar-refractivity contribution in [3.8, 4) is 0 Å². The largest absolute Gasteiger partial charge is 0.481 e. The zero-order valence-corrected chi connectivity index (χ0v) is 12.7. The van der Waals surface area contributed by atoms with Gasteiger partial charge in [0.25, 0.3) is 0 Å². The van der Waals surface area contributed by atoms with E-state index in [-0.39, 0.29) is 24.4 Å². The summed E-state index contributed by atoms with van der Waals surface area (Å²) in [7, 11) is 0. The maximum atomic E-state index is 11.7. The molecule has 0 fully saturated rings. The van der Waals surface area contributed by atoms with Gasteiger partial charge >= 0.3 is 12.0 Å². The van der Waals surface area contributed by atoms with Crippen LogP contribution >= 0.6 is 0 Å². The number of benzene rings is 1. The minimum Gasteiger partial charge on any atom is -0.481 e. The van der Waals surface area contributed by atoms with Crippen molar-refractivity contribution in [3.05, 3.63) is 35.9 Å². The van der Waals surface area contributed by atoms with Gasteiger partial charge in [-0.05, 0) is 18.4 Å². The fourth-order valence-electron chi connectivity index (χ4n) is 2.40. The summed E-state index contributed by atoms with van der Waals surface area (Å²) in [5, 5.41) is 13.9. The number of nitrogens with one attached hydrogen (secondary N) is 2. The van der Waals surface area contributed by atoms with Crippen LogP contribution in [0.3, 0.4) is 0 Å². The second kappa shape index (κ2) is 8.29. The summed E-state index contributed by atoms with van der Waals surface area (Å²) < 4.78 is 0. The van der Waals surface area contributed by atoms with Crippen LogP contribution in [-0.2, 0) is 10.2 Å². The highest BCUT2D eigenvalue weighted by Crippen LogP contribution is 2.30. The number of carboxylic acid groups (broad SMARTS) is 1. The molecule has 0 aliphatic rings. The van der Waals surface area contributed by atoms with Crippen LogP contribution in [-0.4, -0.2) is 30.2 Å². The van der Waals surface area contributed by atoms with E-state index < -0.39 is 5.97 Å². The third-order valence-electron chi connectivity index (χ3n) is 3.95. The van der Waals surface area contributed by atoms with E-state index in [1.165, 1.54) is 5.56 Å². The molecule has 0 aromatic heterocycles. The van der Waals surface area contributed by atoms with Gasteiger partial charge in [-0.1, -0.05) is 44.2 Å². The molecule has 1 aromatic rings. The molecule has 0 saturated carbocycles. The van der Waals surface area contributed by atoms with Gasteiger partial charge in [-0.25, -0.2) is 4.79 Å². The number of amides is 2. The summed E-state index contributed by atoms with van der Waals surface area (Å²) >= 11 is 0. The highest BCUT2D eigenvalue weighted by atomic mass is 16.4.